The largest absolute Gasteiger partial charge is 0.418 e. The normalized spacial score (nSPS) is 14.8. The summed E-state index contributed by atoms with van der Waals surface area (Å²) in [6.45, 7) is 1.06. The molecule has 0 saturated carbocycles. The Balaban J connectivity index is 1.86. The predicted octanol–water partition coefficient (Wildman–Crippen LogP) is 2.17. The van der Waals surface area contributed by atoms with E-state index < -0.39 is 22.9 Å². The molecular formula is C20H18F3N3O4. The van der Waals surface area contributed by atoms with Crippen LogP contribution < -0.4 is 20.9 Å². The Labute approximate surface area is 168 Å². The van der Waals surface area contributed by atoms with E-state index in [1.165, 1.54) is 6.07 Å². The highest BCUT2D eigenvalue weighted by atomic mass is 19.4. The average Bonchev–Trinajstić information content (AvgIpc) is 2.74. The highest BCUT2D eigenvalue weighted by molar-refractivity contribution is 5.81. The molecule has 158 valence electrons. The first-order chi connectivity index (χ1) is 14.3. The van der Waals surface area contributed by atoms with Crippen LogP contribution in [-0.4, -0.2) is 36.0 Å². The van der Waals surface area contributed by atoms with Gasteiger partial charge in [-0.2, -0.15) is 13.2 Å². The van der Waals surface area contributed by atoms with E-state index in [-0.39, 0.29) is 36.4 Å². The fourth-order valence-corrected chi connectivity index (χ4v) is 3.36. The monoisotopic (exact) mass is 421 g/mol. The Hall–Kier alpha value is -3.27. The Kier molecular flexibility index (Phi) is 5.25. The molecule has 30 heavy (non-hydrogen) atoms. The van der Waals surface area contributed by atoms with Crippen molar-refractivity contribution in [2.45, 2.75) is 12.8 Å². The van der Waals surface area contributed by atoms with Crippen LogP contribution in [-0.2, 0) is 17.5 Å². The third-order valence-corrected chi connectivity index (χ3v) is 4.82. The SMILES string of the molecule is O=c1[nH]c2cc(N3CCOCC3)c(C(F)(F)F)cc2n(OCc2ccccc2)c1=O. The van der Waals surface area contributed by atoms with E-state index in [0.717, 1.165) is 6.07 Å². The molecule has 0 spiro atoms. The summed E-state index contributed by atoms with van der Waals surface area (Å²) in [5.74, 6) is 0. The minimum atomic E-state index is -4.67. The zero-order valence-electron chi connectivity index (χ0n) is 15.7. The predicted molar refractivity (Wildman–Crippen MR) is 104 cm³/mol. The number of ether oxygens (including phenoxy) is 1. The number of morpholine rings is 1. The van der Waals surface area contributed by atoms with Crippen LogP contribution in [0, 0.1) is 0 Å². The standard InChI is InChI=1S/C20H18F3N3O4/c21-20(22,23)14-10-17-15(11-16(14)25-6-8-29-9-7-25)24-18(27)19(28)26(17)30-12-13-4-2-1-3-5-13/h1-5,10-11H,6-9,12H2,(H,24,27). The van der Waals surface area contributed by atoms with E-state index in [1.807, 2.05) is 0 Å². The molecule has 0 bridgehead atoms. The lowest BCUT2D eigenvalue weighted by atomic mass is 10.1. The number of hydrogen-bond donors (Lipinski definition) is 1. The van der Waals surface area contributed by atoms with Crippen molar-refractivity contribution in [1.82, 2.24) is 9.71 Å². The Bertz CT molecular complexity index is 1170. The second-order valence-corrected chi connectivity index (χ2v) is 6.80. The first kappa shape index (κ1) is 20.0. The molecule has 2 heterocycles. The van der Waals surface area contributed by atoms with E-state index in [0.29, 0.717) is 23.5 Å². The van der Waals surface area contributed by atoms with Crippen molar-refractivity contribution >= 4 is 16.7 Å². The molecular weight excluding hydrogens is 403 g/mol. The zero-order chi connectivity index (χ0) is 21.3. The van der Waals surface area contributed by atoms with Gasteiger partial charge in [-0.25, -0.2) is 0 Å². The lowest BCUT2D eigenvalue weighted by Crippen LogP contribution is -2.40. The quantitative estimate of drug-likeness (QED) is 0.654. The second-order valence-electron chi connectivity index (χ2n) is 6.80. The van der Waals surface area contributed by atoms with E-state index in [2.05, 4.69) is 4.98 Å². The summed E-state index contributed by atoms with van der Waals surface area (Å²) < 4.78 is 47.3. The summed E-state index contributed by atoms with van der Waals surface area (Å²) in [5.41, 5.74) is -2.47. The molecule has 1 aliphatic heterocycles. The van der Waals surface area contributed by atoms with E-state index in [9.17, 15) is 22.8 Å². The van der Waals surface area contributed by atoms with Gasteiger partial charge in [-0.3, -0.25) is 9.59 Å². The number of H-pyrrole nitrogens is 1. The number of aromatic nitrogens is 2. The fraction of sp³-hybridized carbons (Fsp3) is 0.300. The Morgan fingerprint density at radius 2 is 1.77 bits per heavy atom. The Morgan fingerprint density at radius 1 is 1.07 bits per heavy atom. The van der Waals surface area contributed by atoms with Crippen molar-refractivity contribution < 1.29 is 22.7 Å². The molecule has 0 amide bonds. The number of rotatable bonds is 4. The van der Waals surface area contributed by atoms with Gasteiger partial charge in [-0.15, -0.1) is 4.73 Å². The summed E-state index contributed by atoms with van der Waals surface area (Å²) in [4.78, 5) is 33.8. The van der Waals surface area contributed by atoms with Crippen molar-refractivity contribution in [3.05, 3.63) is 74.3 Å². The molecule has 1 saturated heterocycles. The van der Waals surface area contributed by atoms with E-state index in [4.69, 9.17) is 9.57 Å². The maximum atomic E-state index is 13.8. The topological polar surface area (TPSA) is 76.6 Å². The maximum absolute atomic E-state index is 13.8. The smallest absolute Gasteiger partial charge is 0.405 e. The van der Waals surface area contributed by atoms with Crippen molar-refractivity contribution in [2.75, 3.05) is 31.2 Å². The van der Waals surface area contributed by atoms with Gasteiger partial charge in [0.05, 0.1) is 30.0 Å². The molecule has 1 aromatic heterocycles. The van der Waals surface area contributed by atoms with Crippen LogP contribution in [0.15, 0.2) is 52.1 Å². The van der Waals surface area contributed by atoms with Crippen molar-refractivity contribution in [3.63, 3.8) is 0 Å². The number of halogens is 3. The summed E-state index contributed by atoms with van der Waals surface area (Å²) in [6.07, 6.45) is -4.67. The lowest BCUT2D eigenvalue weighted by Gasteiger charge is -2.31. The van der Waals surface area contributed by atoms with Crippen LogP contribution in [0.2, 0.25) is 0 Å². The molecule has 4 rings (SSSR count). The highest BCUT2D eigenvalue weighted by Crippen LogP contribution is 2.38. The fourth-order valence-electron chi connectivity index (χ4n) is 3.36. The van der Waals surface area contributed by atoms with Crippen LogP contribution in [0.1, 0.15) is 11.1 Å². The van der Waals surface area contributed by atoms with Gasteiger partial charge < -0.3 is 19.5 Å². The molecule has 3 aromatic rings. The number of aromatic amines is 1. The summed E-state index contributed by atoms with van der Waals surface area (Å²) in [5, 5.41) is 0. The number of alkyl halides is 3. The molecule has 1 N–H and O–H groups in total. The minimum Gasteiger partial charge on any atom is -0.405 e. The average molecular weight is 421 g/mol. The van der Waals surface area contributed by atoms with Crippen LogP contribution >= 0.6 is 0 Å². The number of nitrogens with zero attached hydrogens (tertiary/aromatic N) is 2. The van der Waals surface area contributed by atoms with Crippen LogP contribution in [0.25, 0.3) is 11.0 Å². The molecule has 2 aromatic carbocycles. The molecule has 0 aliphatic carbocycles. The third kappa shape index (κ3) is 3.90. The first-order valence-electron chi connectivity index (χ1n) is 9.25. The molecule has 10 heteroatoms. The van der Waals surface area contributed by atoms with Gasteiger partial charge in [0.25, 0.3) is 0 Å². The number of benzene rings is 2. The Morgan fingerprint density at radius 3 is 2.43 bits per heavy atom. The first-order valence-corrected chi connectivity index (χ1v) is 9.25. The van der Waals surface area contributed by atoms with Gasteiger partial charge in [-0.1, -0.05) is 30.3 Å². The lowest BCUT2D eigenvalue weighted by molar-refractivity contribution is -0.137. The molecule has 0 unspecified atom stereocenters. The van der Waals surface area contributed by atoms with Crippen molar-refractivity contribution in [2.24, 2.45) is 0 Å². The van der Waals surface area contributed by atoms with Gasteiger partial charge in [0.1, 0.15) is 12.1 Å². The zero-order valence-corrected chi connectivity index (χ0v) is 15.7. The number of hydrogen-bond acceptors (Lipinski definition) is 5. The van der Waals surface area contributed by atoms with Gasteiger partial charge in [-0.05, 0) is 17.7 Å². The van der Waals surface area contributed by atoms with E-state index >= 15 is 0 Å². The highest BCUT2D eigenvalue weighted by Gasteiger charge is 2.36. The van der Waals surface area contributed by atoms with Crippen molar-refractivity contribution in [1.29, 1.82) is 0 Å². The maximum Gasteiger partial charge on any atom is 0.418 e. The van der Waals surface area contributed by atoms with Crippen LogP contribution in [0.5, 0.6) is 0 Å². The summed E-state index contributed by atoms with van der Waals surface area (Å²) >= 11 is 0. The molecule has 0 atom stereocenters. The number of fused-ring (bicyclic) bond motifs is 1. The number of nitrogens with one attached hydrogen (secondary N) is 1. The minimum absolute atomic E-state index is 0.0714. The van der Waals surface area contributed by atoms with Gasteiger partial charge in [0.15, 0.2) is 0 Å². The van der Waals surface area contributed by atoms with Crippen LogP contribution in [0.3, 0.4) is 0 Å². The third-order valence-electron chi connectivity index (χ3n) is 4.82. The molecule has 0 radical (unpaired) electrons. The van der Waals surface area contributed by atoms with Gasteiger partial charge in [0, 0.05) is 13.1 Å². The van der Waals surface area contributed by atoms with Gasteiger partial charge >= 0.3 is 17.3 Å². The molecule has 1 fully saturated rings. The second kappa shape index (κ2) is 7.86. The van der Waals surface area contributed by atoms with E-state index in [1.54, 1.807) is 35.2 Å². The summed E-state index contributed by atoms with van der Waals surface area (Å²) in [7, 11) is 0. The van der Waals surface area contributed by atoms with Crippen molar-refractivity contribution in [3.8, 4) is 0 Å². The molecule has 7 nitrogen and oxygen atoms in total. The number of anilines is 1. The summed E-state index contributed by atoms with van der Waals surface area (Å²) in [6, 6.07) is 10.8. The van der Waals surface area contributed by atoms with Gasteiger partial charge in [0.2, 0.25) is 0 Å². The molecule has 1 aliphatic rings. The van der Waals surface area contributed by atoms with Crippen LogP contribution in [0.4, 0.5) is 18.9 Å².